The summed E-state index contributed by atoms with van der Waals surface area (Å²) in [6.07, 6.45) is 4.47. The Balaban J connectivity index is 2.32. The predicted molar refractivity (Wildman–Crippen MR) is 76.1 cm³/mol. The Morgan fingerprint density at radius 1 is 1.37 bits per heavy atom. The largest absolute Gasteiger partial charge is 0.313 e. The molecule has 0 aromatic rings. The number of nitriles is 1. The quantitative estimate of drug-likeness (QED) is 0.800. The lowest BCUT2D eigenvalue weighted by Crippen LogP contribution is -2.46. The van der Waals surface area contributed by atoms with Gasteiger partial charge in [-0.1, -0.05) is 13.8 Å². The molecule has 0 aromatic heterocycles. The van der Waals surface area contributed by atoms with Crippen molar-refractivity contribution in [3.8, 4) is 6.07 Å². The highest BCUT2D eigenvalue weighted by Crippen LogP contribution is 2.22. The number of nitrogens with zero attached hydrogens (tertiary/aromatic N) is 2. The highest BCUT2D eigenvalue weighted by Gasteiger charge is 2.26. The molecule has 0 atom stereocenters. The van der Waals surface area contributed by atoms with Gasteiger partial charge in [0.25, 0.3) is 0 Å². The van der Waals surface area contributed by atoms with Crippen molar-refractivity contribution in [2.45, 2.75) is 45.6 Å². The van der Waals surface area contributed by atoms with Gasteiger partial charge in [0.05, 0.1) is 12.3 Å². The van der Waals surface area contributed by atoms with Crippen LogP contribution in [0.15, 0.2) is 0 Å². The van der Waals surface area contributed by atoms with Gasteiger partial charge in [0.2, 0.25) is 10.0 Å². The van der Waals surface area contributed by atoms with Crippen LogP contribution in [0.1, 0.15) is 39.5 Å². The fourth-order valence-electron chi connectivity index (χ4n) is 2.29. The highest BCUT2D eigenvalue weighted by atomic mass is 32.2. The van der Waals surface area contributed by atoms with Crippen molar-refractivity contribution in [1.82, 2.24) is 9.62 Å². The van der Waals surface area contributed by atoms with E-state index in [1.165, 1.54) is 6.26 Å². The van der Waals surface area contributed by atoms with E-state index in [4.69, 9.17) is 5.26 Å². The van der Waals surface area contributed by atoms with Gasteiger partial charge in [-0.15, -0.1) is 0 Å². The Morgan fingerprint density at radius 3 is 2.42 bits per heavy atom. The van der Waals surface area contributed by atoms with Gasteiger partial charge in [-0.25, -0.2) is 12.7 Å². The van der Waals surface area contributed by atoms with Gasteiger partial charge >= 0.3 is 0 Å². The Kier molecular flexibility index (Phi) is 5.78. The van der Waals surface area contributed by atoms with E-state index in [1.54, 1.807) is 4.31 Å². The molecule has 110 valence electrons. The topological polar surface area (TPSA) is 73.2 Å². The number of sulfonamides is 1. The number of hydrogen-bond acceptors (Lipinski definition) is 4. The van der Waals surface area contributed by atoms with Crippen molar-refractivity contribution in [1.29, 1.82) is 5.26 Å². The van der Waals surface area contributed by atoms with Crippen LogP contribution in [-0.4, -0.2) is 44.7 Å². The molecule has 19 heavy (non-hydrogen) atoms. The molecule has 0 spiro atoms. The normalized spacial score (nSPS) is 19.3. The molecule has 1 heterocycles. The minimum Gasteiger partial charge on any atom is -0.313 e. The third-order valence-corrected chi connectivity index (χ3v) is 5.01. The first kappa shape index (κ1) is 16.4. The minimum atomic E-state index is -3.04. The predicted octanol–water partition coefficient (Wildman–Crippen LogP) is 1.33. The molecule has 0 radical (unpaired) electrons. The van der Waals surface area contributed by atoms with E-state index in [1.807, 2.05) is 0 Å². The van der Waals surface area contributed by atoms with Crippen molar-refractivity contribution < 1.29 is 8.42 Å². The number of nitrogens with one attached hydrogen (secondary N) is 1. The summed E-state index contributed by atoms with van der Waals surface area (Å²) in [7, 11) is -3.04. The molecular weight excluding hydrogens is 262 g/mol. The maximum atomic E-state index is 11.4. The molecule has 6 heteroatoms. The second kappa shape index (κ2) is 6.69. The minimum absolute atomic E-state index is 0.115. The van der Waals surface area contributed by atoms with E-state index >= 15 is 0 Å². The fraction of sp³-hybridized carbons (Fsp3) is 0.923. The molecular formula is C13H25N3O2S. The lowest BCUT2D eigenvalue weighted by atomic mass is 9.87. The zero-order valence-corrected chi connectivity index (χ0v) is 13.0. The van der Waals surface area contributed by atoms with Crippen molar-refractivity contribution in [2.75, 3.05) is 25.9 Å². The third-order valence-electron chi connectivity index (χ3n) is 3.71. The summed E-state index contributed by atoms with van der Waals surface area (Å²) in [5.41, 5.74) is 0.115. The van der Waals surface area contributed by atoms with E-state index in [0.29, 0.717) is 25.6 Å². The maximum Gasteiger partial charge on any atom is 0.211 e. The van der Waals surface area contributed by atoms with Crippen LogP contribution >= 0.6 is 0 Å². The van der Waals surface area contributed by atoms with Gasteiger partial charge in [0.15, 0.2) is 0 Å². The van der Waals surface area contributed by atoms with Crippen molar-refractivity contribution in [2.24, 2.45) is 5.41 Å². The van der Waals surface area contributed by atoms with Gasteiger partial charge in [0.1, 0.15) is 0 Å². The van der Waals surface area contributed by atoms with Crippen LogP contribution < -0.4 is 5.32 Å². The Bertz CT molecular complexity index is 418. The third kappa shape index (κ3) is 5.89. The van der Waals surface area contributed by atoms with Crippen molar-refractivity contribution in [3.63, 3.8) is 0 Å². The number of hydrogen-bond donors (Lipinski definition) is 1. The SMILES string of the molecule is CC(C)(CCC#N)CNC1CCN(S(C)(=O)=O)CC1. The summed E-state index contributed by atoms with van der Waals surface area (Å²) in [4.78, 5) is 0. The smallest absolute Gasteiger partial charge is 0.211 e. The van der Waals surface area contributed by atoms with Crippen LogP contribution in [0.2, 0.25) is 0 Å². The first-order chi connectivity index (χ1) is 8.74. The molecule has 0 unspecified atom stereocenters. The number of rotatable bonds is 6. The fourth-order valence-corrected chi connectivity index (χ4v) is 3.17. The average Bonchev–Trinajstić information content (AvgIpc) is 2.34. The summed E-state index contributed by atoms with van der Waals surface area (Å²) in [6.45, 7) is 6.40. The summed E-state index contributed by atoms with van der Waals surface area (Å²) < 4.78 is 24.4. The molecule has 0 aromatic carbocycles. The average molecular weight is 287 g/mol. The summed E-state index contributed by atoms with van der Waals surface area (Å²) >= 11 is 0. The standard InChI is InChI=1S/C13H25N3O2S/c1-13(2,7-4-8-14)11-15-12-5-9-16(10-6-12)19(3,17)18/h12,15H,4-7,9-11H2,1-3H3. The van der Waals surface area contributed by atoms with Crippen LogP contribution in [0.25, 0.3) is 0 Å². The van der Waals surface area contributed by atoms with Gasteiger partial charge in [-0.3, -0.25) is 0 Å². The lowest BCUT2D eigenvalue weighted by Gasteiger charge is -2.33. The van der Waals surface area contributed by atoms with Gasteiger partial charge in [0, 0.05) is 32.1 Å². The highest BCUT2D eigenvalue weighted by molar-refractivity contribution is 7.88. The van der Waals surface area contributed by atoms with E-state index in [-0.39, 0.29) is 5.41 Å². The Labute approximate surface area is 117 Å². The molecule has 1 saturated heterocycles. The van der Waals surface area contributed by atoms with Crippen molar-refractivity contribution in [3.05, 3.63) is 0 Å². The molecule has 5 nitrogen and oxygen atoms in total. The van der Waals surface area contributed by atoms with Crippen LogP contribution in [0.3, 0.4) is 0 Å². The van der Waals surface area contributed by atoms with Crippen LogP contribution in [0, 0.1) is 16.7 Å². The molecule has 0 bridgehead atoms. The van der Waals surface area contributed by atoms with E-state index < -0.39 is 10.0 Å². The monoisotopic (exact) mass is 287 g/mol. The van der Waals surface area contributed by atoms with Gasteiger partial charge < -0.3 is 5.32 Å². The molecule has 1 N–H and O–H groups in total. The molecule has 0 amide bonds. The first-order valence-electron chi connectivity index (χ1n) is 6.80. The molecule has 0 aliphatic carbocycles. The Morgan fingerprint density at radius 2 is 1.95 bits per heavy atom. The molecule has 1 fully saturated rings. The van der Waals surface area contributed by atoms with Crippen LogP contribution in [0.5, 0.6) is 0 Å². The molecule has 1 aliphatic heterocycles. The van der Waals surface area contributed by atoms with E-state index in [2.05, 4.69) is 25.2 Å². The summed E-state index contributed by atoms with van der Waals surface area (Å²) in [5, 5.41) is 12.1. The number of piperidine rings is 1. The lowest BCUT2D eigenvalue weighted by molar-refractivity contribution is 0.248. The first-order valence-corrected chi connectivity index (χ1v) is 8.65. The van der Waals surface area contributed by atoms with E-state index in [0.717, 1.165) is 25.8 Å². The second-order valence-corrected chi connectivity index (χ2v) is 8.12. The van der Waals surface area contributed by atoms with E-state index in [9.17, 15) is 8.42 Å². The Hall–Kier alpha value is -0.640. The zero-order chi connectivity index (χ0) is 14.5. The van der Waals surface area contributed by atoms with Gasteiger partial charge in [-0.2, -0.15) is 5.26 Å². The van der Waals surface area contributed by atoms with Crippen LogP contribution in [0.4, 0.5) is 0 Å². The van der Waals surface area contributed by atoms with Crippen LogP contribution in [-0.2, 0) is 10.0 Å². The zero-order valence-electron chi connectivity index (χ0n) is 12.1. The maximum absolute atomic E-state index is 11.4. The van der Waals surface area contributed by atoms with Crippen molar-refractivity contribution >= 4 is 10.0 Å². The molecule has 1 aliphatic rings. The summed E-state index contributed by atoms with van der Waals surface area (Å²) in [5.74, 6) is 0. The molecule has 0 saturated carbocycles. The summed E-state index contributed by atoms with van der Waals surface area (Å²) in [6, 6.07) is 2.57. The second-order valence-electron chi connectivity index (χ2n) is 6.14. The molecule has 1 rings (SSSR count). The van der Waals surface area contributed by atoms with Gasteiger partial charge in [-0.05, 0) is 24.7 Å².